The molecule has 0 saturated heterocycles. The zero-order chi connectivity index (χ0) is 13.9. The number of ketones is 1. The van der Waals surface area contributed by atoms with E-state index in [1.165, 1.54) is 11.3 Å². The summed E-state index contributed by atoms with van der Waals surface area (Å²) < 4.78 is 0. The van der Waals surface area contributed by atoms with E-state index in [0.717, 1.165) is 5.57 Å². The van der Waals surface area contributed by atoms with Gasteiger partial charge in [-0.3, -0.25) is 4.79 Å². The van der Waals surface area contributed by atoms with Gasteiger partial charge < -0.3 is 11.1 Å². The molecule has 0 amide bonds. The number of hydrogen-bond acceptors (Lipinski definition) is 5. The van der Waals surface area contributed by atoms with E-state index < -0.39 is 0 Å². The number of hydrogen-bond donors (Lipinski definition) is 2. The van der Waals surface area contributed by atoms with E-state index in [-0.39, 0.29) is 17.4 Å². The summed E-state index contributed by atoms with van der Waals surface area (Å²) in [6.45, 7) is 9.85. The topological polar surface area (TPSA) is 78.9 Å². The van der Waals surface area contributed by atoms with Gasteiger partial charge in [-0.05, 0) is 6.92 Å². The molecule has 3 N–H and O–H groups in total. The van der Waals surface area contributed by atoms with Crippen molar-refractivity contribution in [1.82, 2.24) is 0 Å². The number of nitrogens with one attached hydrogen (secondary N) is 1. The van der Waals surface area contributed by atoms with Crippen LogP contribution in [0.1, 0.15) is 36.0 Å². The molecular formula is C13H17N3OS. The minimum atomic E-state index is -0.133. The minimum Gasteiger partial charge on any atom is -0.396 e. The maximum atomic E-state index is 12.0. The summed E-state index contributed by atoms with van der Waals surface area (Å²) in [5, 5.41) is 12.8. The molecule has 0 unspecified atom stereocenters. The Morgan fingerprint density at radius 3 is 2.67 bits per heavy atom. The van der Waals surface area contributed by atoms with E-state index in [9.17, 15) is 4.79 Å². The Labute approximate surface area is 111 Å². The van der Waals surface area contributed by atoms with Crippen LogP contribution >= 0.6 is 11.3 Å². The molecule has 0 aliphatic rings. The van der Waals surface area contributed by atoms with Crippen LogP contribution in [0.3, 0.4) is 0 Å². The molecule has 1 heterocycles. The van der Waals surface area contributed by atoms with Gasteiger partial charge in [0.25, 0.3) is 0 Å². The van der Waals surface area contributed by atoms with E-state index in [1.807, 2.05) is 26.8 Å². The maximum absolute atomic E-state index is 12.0. The number of nitrogens with zero attached hydrogens (tertiary/aromatic N) is 1. The molecule has 1 aromatic heterocycles. The number of carbonyl (C=O) groups excluding carboxylic acids is 1. The van der Waals surface area contributed by atoms with Gasteiger partial charge in [0.2, 0.25) is 0 Å². The number of nitrogens with two attached hydrogens (primary N) is 1. The second kappa shape index (κ2) is 5.69. The largest absolute Gasteiger partial charge is 0.396 e. The summed E-state index contributed by atoms with van der Waals surface area (Å²) in [4.78, 5) is 12.4. The van der Waals surface area contributed by atoms with Gasteiger partial charge in [0, 0.05) is 12.5 Å². The third-order valence-corrected chi connectivity index (χ3v) is 3.53. The predicted molar refractivity (Wildman–Crippen MR) is 75.9 cm³/mol. The Morgan fingerprint density at radius 2 is 2.22 bits per heavy atom. The average Bonchev–Trinajstić information content (AvgIpc) is 2.61. The molecule has 0 aromatic carbocycles. The summed E-state index contributed by atoms with van der Waals surface area (Å²) in [5.41, 5.74) is 7.45. The van der Waals surface area contributed by atoms with E-state index in [4.69, 9.17) is 11.0 Å². The van der Waals surface area contributed by atoms with Crippen molar-refractivity contribution in [3.05, 3.63) is 22.6 Å². The number of Topliss-reactive ketones (excluding diaryl/α,β-unsaturated/α-hetero) is 1. The second-order valence-corrected chi connectivity index (χ2v) is 5.51. The number of nitrogen functional groups attached to an aromatic ring is 1. The second-order valence-electron chi connectivity index (χ2n) is 4.49. The molecule has 18 heavy (non-hydrogen) atoms. The Hall–Kier alpha value is -1.80. The van der Waals surface area contributed by atoms with Crippen molar-refractivity contribution < 1.29 is 4.79 Å². The van der Waals surface area contributed by atoms with Crippen LogP contribution in [0, 0.1) is 17.2 Å². The number of carbonyl (C=O) groups is 1. The number of thiophene rings is 1. The fourth-order valence-corrected chi connectivity index (χ4v) is 2.51. The Bertz CT molecular complexity index is 523. The zero-order valence-corrected chi connectivity index (χ0v) is 11.6. The van der Waals surface area contributed by atoms with Crippen molar-refractivity contribution in [2.45, 2.75) is 20.8 Å². The highest BCUT2D eigenvalue weighted by Gasteiger charge is 2.22. The normalized spacial score (nSPS) is 10.2. The van der Waals surface area contributed by atoms with Crippen molar-refractivity contribution >= 4 is 27.8 Å². The molecule has 1 rings (SSSR count). The first kappa shape index (κ1) is 14.3. The number of rotatable bonds is 5. The summed E-state index contributed by atoms with van der Waals surface area (Å²) in [6.07, 6.45) is 0. The molecular weight excluding hydrogens is 246 g/mol. The fraction of sp³-hybridized carbons (Fsp3) is 0.385. The lowest BCUT2D eigenvalue weighted by Gasteiger charge is -2.02. The fourth-order valence-electron chi connectivity index (χ4n) is 1.36. The van der Waals surface area contributed by atoms with Crippen LogP contribution in [0.15, 0.2) is 12.2 Å². The van der Waals surface area contributed by atoms with Crippen LogP contribution in [0.2, 0.25) is 0 Å². The number of nitriles is 1. The quantitative estimate of drug-likeness (QED) is 0.632. The van der Waals surface area contributed by atoms with Crippen LogP contribution in [0.5, 0.6) is 0 Å². The average molecular weight is 263 g/mol. The highest BCUT2D eigenvalue weighted by molar-refractivity contribution is 7.19. The van der Waals surface area contributed by atoms with Gasteiger partial charge in [-0.15, -0.1) is 11.3 Å². The standard InChI is InChI=1S/C13H17N3OS/c1-7(2)6-16-13-9(5-14)10(15)12(18-13)11(17)8(3)4/h8,16H,1,6,15H2,2-4H3. The van der Waals surface area contributed by atoms with Crippen LogP contribution in [0.25, 0.3) is 0 Å². The van der Waals surface area contributed by atoms with Gasteiger partial charge in [-0.2, -0.15) is 5.26 Å². The highest BCUT2D eigenvalue weighted by Crippen LogP contribution is 2.36. The van der Waals surface area contributed by atoms with Gasteiger partial charge in [0.05, 0.1) is 10.6 Å². The van der Waals surface area contributed by atoms with Crippen LogP contribution in [-0.4, -0.2) is 12.3 Å². The van der Waals surface area contributed by atoms with Crippen molar-refractivity contribution in [1.29, 1.82) is 5.26 Å². The van der Waals surface area contributed by atoms with Crippen LogP contribution in [0.4, 0.5) is 10.7 Å². The predicted octanol–water partition coefficient (Wildman–Crippen LogP) is 3.03. The lowest BCUT2D eigenvalue weighted by molar-refractivity contribution is 0.0944. The van der Waals surface area contributed by atoms with Gasteiger partial charge >= 0.3 is 0 Å². The number of anilines is 2. The highest BCUT2D eigenvalue weighted by atomic mass is 32.1. The molecule has 0 fully saturated rings. The molecule has 0 radical (unpaired) electrons. The van der Waals surface area contributed by atoms with Crippen LogP contribution < -0.4 is 11.1 Å². The lowest BCUT2D eigenvalue weighted by Crippen LogP contribution is -2.07. The lowest BCUT2D eigenvalue weighted by atomic mass is 10.1. The van der Waals surface area contributed by atoms with Gasteiger partial charge in [-0.25, -0.2) is 0 Å². The molecule has 0 aliphatic carbocycles. The monoisotopic (exact) mass is 263 g/mol. The molecule has 0 bridgehead atoms. The Kier molecular flexibility index (Phi) is 4.51. The van der Waals surface area contributed by atoms with Crippen molar-refractivity contribution in [3.8, 4) is 6.07 Å². The Balaban J connectivity index is 3.14. The van der Waals surface area contributed by atoms with Gasteiger partial charge in [0.15, 0.2) is 5.78 Å². The van der Waals surface area contributed by atoms with E-state index >= 15 is 0 Å². The summed E-state index contributed by atoms with van der Waals surface area (Å²) >= 11 is 1.24. The maximum Gasteiger partial charge on any atom is 0.177 e. The molecule has 0 spiro atoms. The van der Waals surface area contributed by atoms with E-state index in [2.05, 4.69) is 11.9 Å². The molecule has 4 nitrogen and oxygen atoms in total. The van der Waals surface area contributed by atoms with Crippen molar-refractivity contribution in [2.24, 2.45) is 5.92 Å². The molecule has 0 aliphatic heterocycles. The Morgan fingerprint density at radius 1 is 1.61 bits per heavy atom. The van der Waals surface area contributed by atoms with E-state index in [1.54, 1.807) is 0 Å². The first-order valence-corrected chi connectivity index (χ1v) is 6.45. The first-order chi connectivity index (χ1) is 8.38. The molecule has 5 heteroatoms. The van der Waals surface area contributed by atoms with Crippen molar-refractivity contribution in [3.63, 3.8) is 0 Å². The third kappa shape index (κ3) is 2.90. The first-order valence-electron chi connectivity index (χ1n) is 5.63. The summed E-state index contributed by atoms with van der Waals surface area (Å²) in [7, 11) is 0. The smallest absolute Gasteiger partial charge is 0.177 e. The molecule has 96 valence electrons. The SMILES string of the molecule is C=C(C)CNc1sc(C(=O)C(C)C)c(N)c1C#N. The molecule has 1 aromatic rings. The van der Waals surface area contributed by atoms with Gasteiger partial charge in [-0.1, -0.05) is 26.0 Å². The minimum absolute atomic E-state index is 0.0302. The third-order valence-electron chi connectivity index (χ3n) is 2.36. The zero-order valence-electron chi connectivity index (χ0n) is 10.8. The summed E-state index contributed by atoms with van der Waals surface area (Å²) in [6, 6.07) is 2.04. The molecule has 0 saturated carbocycles. The van der Waals surface area contributed by atoms with Crippen molar-refractivity contribution in [2.75, 3.05) is 17.6 Å². The molecule has 0 atom stereocenters. The summed E-state index contributed by atoms with van der Waals surface area (Å²) in [5.74, 6) is -0.163. The van der Waals surface area contributed by atoms with Crippen LogP contribution in [-0.2, 0) is 0 Å². The van der Waals surface area contributed by atoms with E-state index in [0.29, 0.717) is 22.0 Å². The van der Waals surface area contributed by atoms with Gasteiger partial charge in [0.1, 0.15) is 16.6 Å².